The molecule has 0 unspecified atom stereocenters. The number of amides is 2. The van der Waals surface area contributed by atoms with Crippen LogP contribution in [0.25, 0.3) is 0 Å². The van der Waals surface area contributed by atoms with Gasteiger partial charge < -0.3 is 10.6 Å². The second-order valence-electron chi connectivity index (χ2n) is 8.54. The molecule has 3 atom stereocenters. The molecule has 1 heterocycles. The maximum absolute atomic E-state index is 12.7. The van der Waals surface area contributed by atoms with Crippen molar-refractivity contribution < 1.29 is 9.59 Å². The van der Waals surface area contributed by atoms with Crippen molar-refractivity contribution in [3.63, 3.8) is 0 Å². The zero-order valence-electron chi connectivity index (χ0n) is 16.8. The lowest BCUT2D eigenvalue weighted by atomic mass is 9.87. The van der Waals surface area contributed by atoms with E-state index in [1.165, 1.54) is 16.0 Å². The minimum atomic E-state index is -0.291. The van der Waals surface area contributed by atoms with Crippen LogP contribution in [0, 0.1) is 17.2 Å². The molecule has 0 spiro atoms. The molecule has 1 aromatic rings. The van der Waals surface area contributed by atoms with Gasteiger partial charge in [-0.25, -0.2) is 0 Å². The summed E-state index contributed by atoms with van der Waals surface area (Å²) in [5.41, 5.74) is 2.27. The van der Waals surface area contributed by atoms with Crippen molar-refractivity contribution in [1.29, 1.82) is 5.41 Å². The molecule has 6 heteroatoms. The second-order valence-corrected chi connectivity index (χ2v) is 8.54. The Hall–Kier alpha value is -2.37. The van der Waals surface area contributed by atoms with E-state index in [-0.39, 0.29) is 41.2 Å². The molecule has 1 aromatic carbocycles. The van der Waals surface area contributed by atoms with Crippen LogP contribution in [0.1, 0.15) is 63.1 Å². The summed E-state index contributed by atoms with van der Waals surface area (Å²) in [6.45, 7) is 4.57. The van der Waals surface area contributed by atoms with Gasteiger partial charge in [0.25, 0.3) is 0 Å². The van der Waals surface area contributed by atoms with E-state index in [0.29, 0.717) is 13.0 Å². The molecule has 3 N–H and O–H groups in total. The van der Waals surface area contributed by atoms with Crippen molar-refractivity contribution in [2.24, 2.45) is 11.8 Å². The zero-order chi connectivity index (χ0) is 19.9. The second kappa shape index (κ2) is 7.22. The van der Waals surface area contributed by atoms with Gasteiger partial charge in [-0.15, -0.1) is 0 Å². The van der Waals surface area contributed by atoms with Gasteiger partial charge in [0.05, 0.1) is 12.5 Å². The maximum atomic E-state index is 12.7. The first-order valence-corrected chi connectivity index (χ1v) is 10.5. The standard InChI is InChI=1S/C22H30N4O2/c1-3-22(4-2)12-19(27)26(21(23)25-22)13-15-11-17(15)20(28)24-18-10-9-14-7-5-6-8-16(14)18/h5-8,15,17-18H,3-4,9-13H2,1-2H3,(H2,23,25)(H,24,28)/t15-,17+,18-/m0/s1. The molecular weight excluding hydrogens is 352 g/mol. The SMILES string of the molecule is CCC1(CC)CC(=O)N(C[C@@H]2C[C@H]2C(=O)N[C@H]2CCc3ccccc32)C(=N)N1. The van der Waals surface area contributed by atoms with E-state index in [1.54, 1.807) is 0 Å². The van der Waals surface area contributed by atoms with E-state index in [0.717, 1.165) is 32.1 Å². The Balaban J connectivity index is 1.32. The lowest BCUT2D eigenvalue weighted by Crippen LogP contribution is -2.62. The predicted molar refractivity (Wildman–Crippen MR) is 108 cm³/mol. The number of fused-ring (bicyclic) bond motifs is 1. The molecule has 2 aliphatic carbocycles. The summed E-state index contributed by atoms with van der Waals surface area (Å²) in [7, 11) is 0. The van der Waals surface area contributed by atoms with Crippen LogP contribution >= 0.6 is 0 Å². The van der Waals surface area contributed by atoms with E-state index < -0.39 is 0 Å². The Kier molecular flexibility index (Phi) is 4.89. The molecular formula is C22H30N4O2. The molecule has 6 nitrogen and oxygen atoms in total. The smallest absolute Gasteiger partial charge is 0.231 e. The molecule has 0 bridgehead atoms. The fraction of sp³-hybridized carbons (Fsp3) is 0.591. The van der Waals surface area contributed by atoms with Gasteiger partial charge >= 0.3 is 0 Å². The predicted octanol–water partition coefficient (Wildman–Crippen LogP) is 2.74. The van der Waals surface area contributed by atoms with E-state index in [4.69, 9.17) is 5.41 Å². The number of nitrogens with zero attached hydrogens (tertiary/aromatic N) is 1. The van der Waals surface area contributed by atoms with Gasteiger partial charge in [-0.3, -0.25) is 19.9 Å². The zero-order valence-corrected chi connectivity index (χ0v) is 16.8. The minimum absolute atomic E-state index is 0.00299. The number of hydrogen-bond acceptors (Lipinski definition) is 3. The quantitative estimate of drug-likeness (QED) is 0.707. The Labute approximate surface area is 166 Å². The Morgan fingerprint density at radius 2 is 2.07 bits per heavy atom. The van der Waals surface area contributed by atoms with Crippen LogP contribution in [0.5, 0.6) is 0 Å². The summed E-state index contributed by atoms with van der Waals surface area (Å²) in [6.07, 6.45) is 4.83. The van der Waals surface area contributed by atoms with Crippen molar-refractivity contribution in [2.75, 3.05) is 6.54 Å². The third-order valence-electron chi connectivity index (χ3n) is 6.92. The number of carbonyl (C=O) groups is 2. The van der Waals surface area contributed by atoms with Crippen molar-refractivity contribution >= 4 is 17.8 Å². The van der Waals surface area contributed by atoms with Crippen LogP contribution in [0.4, 0.5) is 0 Å². The van der Waals surface area contributed by atoms with Gasteiger partial charge in [0.2, 0.25) is 11.8 Å². The third kappa shape index (κ3) is 3.40. The van der Waals surface area contributed by atoms with Crippen molar-refractivity contribution in [2.45, 2.75) is 64.0 Å². The van der Waals surface area contributed by atoms with E-state index in [1.807, 2.05) is 12.1 Å². The Morgan fingerprint density at radius 1 is 1.32 bits per heavy atom. The highest BCUT2D eigenvalue weighted by molar-refractivity contribution is 5.99. The topological polar surface area (TPSA) is 85.3 Å². The van der Waals surface area contributed by atoms with Gasteiger partial charge in [-0.05, 0) is 49.1 Å². The normalized spacial score (nSPS) is 27.9. The van der Waals surface area contributed by atoms with E-state index in [9.17, 15) is 9.59 Å². The summed E-state index contributed by atoms with van der Waals surface area (Å²) in [4.78, 5) is 26.9. The fourth-order valence-corrected chi connectivity index (χ4v) is 4.73. The Bertz CT molecular complexity index is 781. The van der Waals surface area contributed by atoms with Crippen molar-refractivity contribution in [1.82, 2.24) is 15.5 Å². The molecule has 0 aromatic heterocycles. The van der Waals surface area contributed by atoms with Crippen molar-refractivity contribution in [3.05, 3.63) is 35.4 Å². The summed E-state index contributed by atoms with van der Waals surface area (Å²) in [5, 5.41) is 14.7. The molecule has 1 saturated heterocycles. The van der Waals surface area contributed by atoms with Gasteiger partial charge in [-0.2, -0.15) is 0 Å². The molecule has 4 rings (SSSR count). The van der Waals surface area contributed by atoms with Crippen LogP contribution in [0.2, 0.25) is 0 Å². The average molecular weight is 383 g/mol. The van der Waals surface area contributed by atoms with Gasteiger partial charge in [0.1, 0.15) is 0 Å². The first-order valence-electron chi connectivity index (χ1n) is 10.5. The first kappa shape index (κ1) is 19.0. The van der Waals surface area contributed by atoms with Crippen LogP contribution in [-0.4, -0.2) is 34.8 Å². The monoisotopic (exact) mass is 382 g/mol. The minimum Gasteiger partial charge on any atom is -0.350 e. The van der Waals surface area contributed by atoms with Gasteiger partial charge in [0.15, 0.2) is 5.96 Å². The molecule has 2 fully saturated rings. The number of hydrogen-bond donors (Lipinski definition) is 3. The number of rotatable bonds is 6. The molecule has 3 aliphatic rings. The molecule has 1 aliphatic heterocycles. The van der Waals surface area contributed by atoms with Gasteiger partial charge in [0, 0.05) is 18.0 Å². The highest BCUT2D eigenvalue weighted by atomic mass is 16.2. The van der Waals surface area contributed by atoms with E-state index in [2.05, 4.69) is 36.6 Å². The van der Waals surface area contributed by atoms with E-state index >= 15 is 0 Å². The number of benzene rings is 1. The third-order valence-corrected chi connectivity index (χ3v) is 6.92. The summed E-state index contributed by atoms with van der Waals surface area (Å²) >= 11 is 0. The molecule has 150 valence electrons. The summed E-state index contributed by atoms with van der Waals surface area (Å²) < 4.78 is 0. The molecule has 0 radical (unpaired) electrons. The first-order chi connectivity index (χ1) is 13.5. The number of aryl methyl sites for hydroxylation is 1. The number of nitrogens with one attached hydrogen (secondary N) is 3. The molecule has 2 amide bonds. The van der Waals surface area contributed by atoms with Crippen LogP contribution < -0.4 is 10.6 Å². The summed E-state index contributed by atoms with van der Waals surface area (Å²) in [5.74, 6) is 0.391. The Morgan fingerprint density at radius 3 is 2.79 bits per heavy atom. The molecule has 28 heavy (non-hydrogen) atoms. The number of guanidine groups is 1. The largest absolute Gasteiger partial charge is 0.350 e. The lowest BCUT2D eigenvalue weighted by molar-refractivity contribution is -0.131. The summed E-state index contributed by atoms with van der Waals surface area (Å²) in [6, 6.07) is 8.41. The van der Waals surface area contributed by atoms with Gasteiger partial charge in [-0.1, -0.05) is 38.1 Å². The molecule has 1 saturated carbocycles. The average Bonchev–Trinajstić information content (AvgIpc) is 3.37. The lowest BCUT2D eigenvalue weighted by Gasteiger charge is -2.42. The highest BCUT2D eigenvalue weighted by Gasteiger charge is 2.47. The maximum Gasteiger partial charge on any atom is 0.231 e. The highest BCUT2D eigenvalue weighted by Crippen LogP contribution is 2.41. The van der Waals surface area contributed by atoms with Crippen molar-refractivity contribution in [3.8, 4) is 0 Å². The fourth-order valence-electron chi connectivity index (χ4n) is 4.73. The van der Waals surface area contributed by atoms with Crippen LogP contribution in [-0.2, 0) is 16.0 Å². The van der Waals surface area contributed by atoms with Crippen LogP contribution in [0.3, 0.4) is 0 Å². The van der Waals surface area contributed by atoms with Crippen LogP contribution in [0.15, 0.2) is 24.3 Å². The number of carbonyl (C=O) groups excluding carboxylic acids is 2.